The van der Waals surface area contributed by atoms with E-state index in [9.17, 15) is 43.2 Å². The van der Waals surface area contributed by atoms with Crippen LogP contribution in [0.1, 0.15) is 297 Å². The zero-order valence-corrected chi connectivity index (χ0v) is 65.3. The minimum absolute atomic E-state index is 0.0309. The van der Waals surface area contributed by atoms with Gasteiger partial charge in [-0.15, -0.1) is 0 Å². The Hall–Kier alpha value is -5.06. The van der Waals surface area contributed by atoms with Crippen LogP contribution in [-0.2, 0) is 65.4 Å². The van der Waals surface area contributed by atoms with Crippen molar-refractivity contribution in [1.82, 2.24) is 0 Å². The molecule has 0 fully saturated rings. The van der Waals surface area contributed by atoms with Gasteiger partial charge in [0.1, 0.15) is 19.3 Å². The molecule has 582 valence electrons. The molecule has 0 rings (SSSR count). The molecule has 0 aliphatic carbocycles. The Labute approximate surface area is 617 Å². The molecule has 0 spiro atoms. The molecule has 5 atom stereocenters. The van der Waals surface area contributed by atoms with Gasteiger partial charge in [-0.2, -0.15) is 0 Å². The van der Waals surface area contributed by atoms with Gasteiger partial charge in [-0.1, -0.05) is 270 Å². The van der Waals surface area contributed by atoms with Crippen LogP contribution in [0, 0.1) is 0 Å². The Kier molecular flexibility index (Phi) is 70.5. The number of phosphoric acid groups is 2. The number of aliphatic hydroxyl groups is 1. The molecular formula is C83H138O17P2. The summed E-state index contributed by atoms with van der Waals surface area (Å²) in [6, 6.07) is 0. The molecular weight excluding hydrogens is 1330 g/mol. The second kappa shape index (κ2) is 74.2. The number of carbonyl (C=O) groups is 4. The number of rotatable bonds is 72. The number of esters is 4. The van der Waals surface area contributed by atoms with E-state index in [0.717, 1.165) is 180 Å². The van der Waals surface area contributed by atoms with Crippen molar-refractivity contribution in [2.24, 2.45) is 0 Å². The van der Waals surface area contributed by atoms with Crippen molar-refractivity contribution in [2.75, 3.05) is 39.6 Å². The minimum Gasteiger partial charge on any atom is -0.462 e. The van der Waals surface area contributed by atoms with Crippen LogP contribution in [0.3, 0.4) is 0 Å². The van der Waals surface area contributed by atoms with Crippen molar-refractivity contribution in [1.29, 1.82) is 0 Å². The quantitative estimate of drug-likeness (QED) is 0.0169. The second-order valence-electron chi connectivity index (χ2n) is 25.5. The van der Waals surface area contributed by atoms with E-state index in [1.807, 2.05) is 18.2 Å². The molecule has 0 radical (unpaired) electrons. The standard InChI is InChI=1S/C83H138O17P2/c1-5-9-13-17-21-25-29-32-35-37-38-40-43-45-49-52-56-60-64-68-80(85)93-73-78(99-82(87)69-65-61-57-53-47-28-24-20-16-12-8-4)75-97-101(89,90)95-71-77(84)72-96-102(91,92)98-76-79(100-83(88)70-66-62-58-54-50-46-41-34-31-27-23-19-15-11-7-3)74-94-81(86)67-63-59-55-51-48-44-42-39-36-33-30-26-22-18-14-10-6-2/h9-10,13-14,20-27,32-36,38,40-41,45,49,56,60,77-79,84H,5-8,11-12,15-19,28-31,37,39,42-44,46-48,50-55,57-59,61-76H2,1-4H3,(H,89,90)(H,91,92)/b13-9-,14-10-,24-20-,25-21-,26-22-,27-23-,35-32-,36-33-,40-38-,41-34-,49-45-,60-56-. The SMILES string of the molecule is CC/C=C\C/C=C\C/C=C\C/C=C\C/C=C\C/C=C\CCC(=O)OCC(COP(=O)(O)OCC(O)COP(=O)(O)OCC(COC(=O)CCCCCCCCC/C=C\C/C=C\C/C=C\CC)OC(=O)CCCCCCC/C=C\C/C=C\CCCCC)OC(=O)CCCCCCC/C=C\CCCC. The van der Waals surface area contributed by atoms with Gasteiger partial charge in [0.15, 0.2) is 12.2 Å². The van der Waals surface area contributed by atoms with Crippen LogP contribution < -0.4 is 0 Å². The summed E-state index contributed by atoms with van der Waals surface area (Å²) in [5.74, 6) is -2.31. The fraction of sp³-hybridized carbons (Fsp3) is 0.663. The summed E-state index contributed by atoms with van der Waals surface area (Å²) < 4.78 is 68.4. The maximum atomic E-state index is 13.1. The van der Waals surface area contributed by atoms with Gasteiger partial charge in [0.25, 0.3) is 0 Å². The molecule has 0 aromatic carbocycles. The molecule has 17 nitrogen and oxygen atoms in total. The third-order valence-electron chi connectivity index (χ3n) is 15.8. The van der Waals surface area contributed by atoms with Crippen LogP contribution in [0.2, 0.25) is 0 Å². The van der Waals surface area contributed by atoms with Crippen LogP contribution in [0.25, 0.3) is 0 Å². The van der Waals surface area contributed by atoms with E-state index in [1.165, 1.54) is 32.1 Å². The smallest absolute Gasteiger partial charge is 0.462 e. The predicted molar refractivity (Wildman–Crippen MR) is 417 cm³/mol. The number of aliphatic hydroxyl groups excluding tert-OH is 1. The largest absolute Gasteiger partial charge is 0.472 e. The van der Waals surface area contributed by atoms with E-state index in [1.54, 1.807) is 0 Å². The average Bonchev–Trinajstić information content (AvgIpc) is 0.926. The maximum Gasteiger partial charge on any atom is 0.472 e. The first-order valence-electron chi connectivity index (χ1n) is 39.1. The molecule has 0 aliphatic rings. The van der Waals surface area contributed by atoms with Crippen molar-refractivity contribution in [3.63, 3.8) is 0 Å². The molecule has 0 saturated carbocycles. The Morgan fingerprint density at radius 2 is 0.539 bits per heavy atom. The van der Waals surface area contributed by atoms with Crippen LogP contribution >= 0.6 is 15.6 Å². The number of hydrogen-bond donors (Lipinski definition) is 3. The Morgan fingerprint density at radius 1 is 0.284 bits per heavy atom. The zero-order valence-electron chi connectivity index (χ0n) is 63.5. The van der Waals surface area contributed by atoms with Gasteiger partial charge in [-0.05, 0) is 148 Å². The average molecular weight is 1470 g/mol. The molecule has 0 heterocycles. The highest BCUT2D eigenvalue weighted by Crippen LogP contribution is 2.45. The molecule has 0 aliphatic heterocycles. The Balaban J connectivity index is 5.41. The minimum atomic E-state index is -5.00. The summed E-state index contributed by atoms with van der Waals surface area (Å²) in [7, 11) is -9.99. The van der Waals surface area contributed by atoms with Crippen molar-refractivity contribution in [2.45, 2.75) is 316 Å². The van der Waals surface area contributed by atoms with Crippen LogP contribution in [0.4, 0.5) is 0 Å². The predicted octanol–water partition coefficient (Wildman–Crippen LogP) is 22.7. The van der Waals surface area contributed by atoms with Crippen LogP contribution in [0.5, 0.6) is 0 Å². The zero-order chi connectivity index (χ0) is 74.6. The number of allylic oxidation sites excluding steroid dienone is 24. The molecule has 0 amide bonds. The number of hydrogen-bond acceptors (Lipinski definition) is 15. The van der Waals surface area contributed by atoms with Gasteiger partial charge in [0.2, 0.25) is 0 Å². The van der Waals surface area contributed by atoms with E-state index in [4.69, 9.17) is 37.0 Å². The first-order chi connectivity index (χ1) is 49.7. The number of unbranched alkanes of at least 4 members (excludes halogenated alkanes) is 22. The highest BCUT2D eigenvalue weighted by atomic mass is 31.2. The van der Waals surface area contributed by atoms with E-state index >= 15 is 0 Å². The maximum absolute atomic E-state index is 13.1. The van der Waals surface area contributed by atoms with Gasteiger partial charge < -0.3 is 33.8 Å². The lowest BCUT2D eigenvalue weighted by Gasteiger charge is -2.21. The molecule has 0 saturated heterocycles. The van der Waals surface area contributed by atoms with Crippen LogP contribution in [0.15, 0.2) is 146 Å². The van der Waals surface area contributed by atoms with Gasteiger partial charge in [-0.3, -0.25) is 37.3 Å². The summed E-state index contributed by atoms with van der Waals surface area (Å²) in [5, 5.41) is 10.6. The fourth-order valence-corrected chi connectivity index (χ4v) is 11.4. The monoisotopic (exact) mass is 1470 g/mol. The normalized spacial score (nSPS) is 14.7. The molecule has 0 aromatic rings. The number of phosphoric ester groups is 2. The highest BCUT2D eigenvalue weighted by Gasteiger charge is 2.30. The van der Waals surface area contributed by atoms with Crippen LogP contribution in [-0.4, -0.2) is 96.7 Å². The summed E-state index contributed by atoms with van der Waals surface area (Å²) in [6.07, 6.45) is 84.2. The summed E-state index contributed by atoms with van der Waals surface area (Å²) >= 11 is 0. The summed E-state index contributed by atoms with van der Waals surface area (Å²) in [6.45, 7) is 4.45. The lowest BCUT2D eigenvalue weighted by molar-refractivity contribution is -0.161. The van der Waals surface area contributed by atoms with Gasteiger partial charge >= 0.3 is 39.5 Å². The molecule has 5 unspecified atom stereocenters. The lowest BCUT2D eigenvalue weighted by Crippen LogP contribution is -2.30. The van der Waals surface area contributed by atoms with Crippen molar-refractivity contribution >= 4 is 39.5 Å². The van der Waals surface area contributed by atoms with E-state index < -0.39 is 97.5 Å². The van der Waals surface area contributed by atoms with E-state index in [2.05, 4.69) is 155 Å². The van der Waals surface area contributed by atoms with Gasteiger partial charge in [0.05, 0.1) is 26.4 Å². The first kappa shape index (κ1) is 96.9. The molecule has 0 bridgehead atoms. The van der Waals surface area contributed by atoms with Crippen molar-refractivity contribution in [3.05, 3.63) is 146 Å². The molecule has 102 heavy (non-hydrogen) atoms. The van der Waals surface area contributed by atoms with Crippen molar-refractivity contribution in [3.8, 4) is 0 Å². The highest BCUT2D eigenvalue weighted by molar-refractivity contribution is 7.47. The van der Waals surface area contributed by atoms with Gasteiger partial charge in [-0.25, -0.2) is 9.13 Å². The molecule has 0 aromatic heterocycles. The third-order valence-corrected chi connectivity index (χ3v) is 17.7. The number of carbonyl (C=O) groups excluding carboxylic acids is 4. The van der Waals surface area contributed by atoms with E-state index in [0.29, 0.717) is 32.1 Å². The van der Waals surface area contributed by atoms with Crippen molar-refractivity contribution < 1.29 is 80.2 Å². The van der Waals surface area contributed by atoms with E-state index in [-0.39, 0.29) is 25.7 Å². The Morgan fingerprint density at radius 3 is 0.882 bits per heavy atom. The third kappa shape index (κ3) is 73.3. The lowest BCUT2D eigenvalue weighted by atomic mass is 10.1. The van der Waals surface area contributed by atoms with Gasteiger partial charge in [0, 0.05) is 25.7 Å². The summed E-state index contributed by atoms with van der Waals surface area (Å²) in [5.41, 5.74) is 0. The Bertz CT molecular complexity index is 2510. The number of ether oxygens (including phenoxy) is 4. The first-order valence-corrected chi connectivity index (χ1v) is 42.1. The fourth-order valence-electron chi connectivity index (χ4n) is 9.86. The summed E-state index contributed by atoms with van der Waals surface area (Å²) in [4.78, 5) is 72.9. The topological polar surface area (TPSA) is 237 Å². The second-order valence-corrected chi connectivity index (χ2v) is 28.4. The molecule has 3 N–H and O–H groups in total. The molecule has 19 heteroatoms.